The molecule has 0 bridgehead atoms. The Bertz CT molecular complexity index is 1400. The van der Waals surface area contributed by atoms with Crippen LogP contribution in [-0.2, 0) is 27.0 Å². The van der Waals surface area contributed by atoms with Gasteiger partial charge >= 0.3 is 10.2 Å². The third-order valence-electron chi connectivity index (χ3n) is 9.04. The number of fused-ring (bicyclic) bond motifs is 1. The zero-order valence-electron chi connectivity index (χ0n) is 27.2. The molecule has 1 saturated heterocycles. The molecule has 0 unspecified atom stereocenters. The fourth-order valence-corrected chi connectivity index (χ4v) is 8.04. The summed E-state index contributed by atoms with van der Waals surface area (Å²) in [4.78, 5) is 17.8. The summed E-state index contributed by atoms with van der Waals surface area (Å²) in [7, 11) is -2.24. The predicted molar refractivity (Wildman–Crippen MR) is 169 cm³/mol. The molecule has 0 radical (unpaired) electrons. The van der Waals surface area contributed by atoms with E-state index in [0.29, 0.717) is 62.4 Å². The minimum absolute atomic E-state index is 0.0171. The summed E-state index contributed by atoms with van der Waals surface area (Å²) in [5, 5.41) is 3.15. The summed E-state index contributed by atoms with van der Waals surface area (Å²) in [6.07, 6.45) is 2.69. The number of imidazole rings is 1. The Labute approximate surface area is 256 Å². The van der Waals surface area contributed by atoms with Crippen LogP contribution in [0.25, 0.3) is 11.0 Å². The molecule has 1 saturated carbocycles. The molecule has 1 aromatic carbocycles. The van der Waals surface area contributed by atoms with Crippen LogP contribution in [0.1, 0.15) is 99.2 Å². The zero-order valence-corrected chi connectivity index (χ0v) is 28.0. The molecule has 11 heteroatoms. The number of carbonyl (C=O) groups is 1. The van der Waals surface area contributed by atoms with E-state index in [4.69, 9.17) is 4.98 Å². The van der Waals surface area contributed by atoms with Gasteiger partial charge in [0, 0.05) is 56.4 Å². The van der Waals surface area contributed by atoms with E-state index >= 15 is 0 Å². The summed E-state index contributed by atoms with van der Waals surface area (Å²) in [6, 6.07) is 5.44. The monoisotopic (exact) mass is 623 g/mol. The number of rotatable bonds is 9. The topological polar surface area (TPSA) is 87.5 Å². The lowest BCUT2D eigenvalue weighted by molar-refractivity contribution is -0.131. The number of nitrogens with zero attached hydrogens (tertiary/aromatic N) is 4. The molecule has 4 rings (SSSR count). The second kappa shape index (κ2) is 12.3. The van der Waals surface area contributed by atoms with Crippen LogP contribution in [0.2, 0.25) is 0 Å². The highest BCUT2D eigenvalue weighted by Gasteiger charge is 2.37. The first-order valence-electron chi connectivity index (χ1n) is 15.7. The van der Waals surface area contributed by atoms with Crippen molar-refractivity contribution in [3.63, 3.8) is 0 Å². The molecular formula is C32H51F2N5O3S. The van der Waals surface area contributed by atoms with Crippen molar-refractivity contribution in [3.05, 3.63) is 24.0 Å². The van der Waals surface area contributed by atoms with Gasteiger partial charge in [0.15, 0.2) is 0 Å². The predicted octanol–water partition coefficient (Wildman–Crippen LogP) is 6.49. The number of nitrogens with one attached hydrogen (secondary N) is 1. The fraction of sp³-hybridized carbons (Fsp3) is 0.750. The molecule has 43 heavy (non-hydrogen) atoms. The molecule has 0 atom stereocenters. The number of benzene rings is 1. The van der Waals surface area contributed by atoms with Gasteiger partial charge in [0.2, 0.25) is 11.8 Å². The van der Waals surface area contributed by atoms with E-state index in [1.807, 2.05) is 19.9 Å². The van der Waals surface area contributed by atoms with E-state index in [9.17, 15) is 22.0 Å². The molecule has 1 amide bonds. The summed E-state index contributed by atoms with van der Waals surface area (Å²) in [5.41, 5.74) is 1.34. The molecule has 0 spiro atoms. The van der Waals surface area contributed by atoms with Crippen LogP contribution < -0.4 is 9.62 Å². The summed E-state index contributed by atoms with van der Waals surface area (Å²) >= 11 is 0. The lowest BCUT2D eigenvalue weighted by Crippen LogP contribution is -2.52. The van der Waals surface area contributed by atoms with E-state index in [1.54, 1.807) is 19.2 Å². The maximum atomic E-state index is 13.8. The summed E-state index contributed by atoms with van der Waals surface area (Å²) in [5.74, 6) is -1.13. The molecule has 242 valence electrons. The van der Waals surface area contributed by atoms with Crippen LogP contribution in [-0.4, -0.2) is 60.3 Å². The van der Waals surface area contributed by atoms with Crippen LogP contribution in [0.3, 0.4) is 0 Å². The van der Waals surface area contributed by atoms with Crippen molar-refractivity contribution in [1.29, 1.82) is 0 Å². The lowest BCUT2D eigenvalue weighted by Gasteiger charge is -2.36. The zero-order chi connectivity index (χ0) is 32.0. The quantitative estimate of drug-likeness (QED) is 0.346. The number of halogens is 2. The van der Waals surface area contributed by atoms with Gasteiger partial charge in [0.1, 0.15) is 5.82 Å². The van der Waals surface area contributed by atoms with E-state index in [2.05, 4.69) is 44.5 Å². The largest absolute Gasteiger partial charge is 0.353 e. The van der Waals surface area contributed by atoms with Gasteiger partial charge in [-0.25, -0.2) is 13.8 Å². The SMILES string of the molecule is CC(C)CC(C)(C)C(=O)NC1CCN(S(=O)(=O)N(C)c2ccc3c(c2)nc(C(C)(C)C)n3CC2CCC(F)(F)CC2)CC1. The maximum Gasteiger partial charge on any atom is 0.303 e. The van der Waals surface area contributed by atoms with Gasteiger partial charge in [0.25, 0.3) is 0 Å². The van der Waals surface area contributed by atoms with Crippen molar-refractivity contribution >= 4 is 32.8 Å². The highest BCUT2D eigenvalue weighted by atomic mass is 32.2. The molecule has 2 aromatic rings. The first-order valence-corrected chi connectivity index (χ1v) is 17.1. The van der Waals surface area contributed by atoms with Crippen LogP contribution >= 0.6 is 0 Å². The van der Waals surface area contributed by atoms with Gasteiger partial charge in [-0.3, -0.25) is 9.10 Å². The molecule has 8 nitrogen and oxygen atoms in total. The summed E-state index contributed by atoms with van der Waals surface area (Å²) < 4.78 is 59.8. The van der Waals surface area contributed by atoms with Gasteiger partial charge in [-0.2, -0.15) is 12.7 Å². The first-order chi connectivity index (χ1) is 19.8. The van der Waals surface area contributed by atoms with E-state index < -0.39 is 21.5 Å². The number of hydrogen-bond acceptors (Lipinski definition) is 4. The van der Waals surface area contributed by atoms with Gasteiger partial charge in [0.05, 0.1) is 16.7 Å². The number of piperidine rings is 1. The molecule has 1 aliphatic heterocycles. The fourth-order valence-electron chi connectivity index (χ4n) is 6.64. The normalized spacial score (nSPS) is 19.7. The molecule has 2 heterocycles. The number of alkyl halides is 2. The number of amides is 1. The Kier molecular flexibility index (Phi) is 9.58. The molecular weight excluding hydrogens is 572 g/mol. The first kappa shape index (κ1) is 33.6. The van der Waals surface area contributed by atoms with Crippen molar-refractivity contribution in [2.24, 2.45) is 17.3 Å². The highest BCUT2D eigenvalue weighted by Crippen LogP contribution is 2.38. The third-order valence-corrected chi connectivity index (χ3v) is 11.0. The van der Waals surface area contributed by atoms with Crippen LogP contribution in [0, 0.1) is 17.3 Å². The van der Waals surface area contributed by atoms with Crippen LogP contribution in [0.15, 0.2) is 18.2 Å². The van der Waals surface area contributed by atoms with E-state index in [-0.39, 0.29) is 36.1 Å². The van der Waals surface area contributed by atoms with Crippen LogP contribution in [0.4, 0.5) is 14.5 Å². The van der Waals surface area contributed by atoms with E-state index in [0.717, 1.165) is 17.8 Å². The Hall–Kier alpha value is -2.27. The number of hydrogen-bond donors (Lipinski definition) is 1. The van der Waals surface area contributed by atoms with E-state index in [1.165, 1.54) is 8.61 Å². The van der Waals surface area contributed by atoms with Gasteiger partial charge in [-0.1, -0.05) is 48.5 Å². The average molecular weight is 624 g/mol. The second-order valence-electron chi connectivity index (χ2n) is 14.9. The van der Waals surface area contributed by atoms with Crippen molar-refractivity contribution in [2.75, 3.05) is 24.4 Å². The molecule has 1 aliphatic carbocycles. The Balaban J connectivity index is 1.47. The smallest absolute Gasteiger partial charge is 0.303 e. The Morgan fingerprint density at radius 2 is 1.70 bits per heavy atom. The average Bonchev–Trinajstić information content (AvgIpc) is 3.27. The van der Waals surface area contributed by atoms with Crippen molar-refractivity contribution in [3.8, 4) is 0 Å². The standard InChI is InChI=1S/C32H51F2N5O3S/c1-22(2)20-31(6,7)29(40)35-24-13-17-38(18-14-24)43(41,42)37(8)25-9-10-27-26(19-25)36-28(30(3,4)5)39(27)21-23-11-15-32(33,34)16-12-23/h9-10,19,22-24H,11-18,20-21H2,1-8H3,(H,35,40). The van der Waals surface area contributed by atoms with Gasteiger partial charge < -0.3 is 9.88 Å². The number of carbonyl (C=O) groups excluding carboxylic acids is 1. The molecule has 2 fully saturated rings. The maximum absolute atomic E-state index is 13.8. The Morgan fingerprint density at radius 3 is 2.26 bits per heavy atom. The second-order valence-corrected chi connectivity index (χ2v) is 16.8. The van der Waals surface area contributed by atoms with Crippen molar-refractivity contribution in [2.45, 2.75) is 117 Å². The van der Waals surface area contributed by atoms with Crippen LogP contribution in [0.5, 0.6) is 0 Å². The van der Waals surface area contributed by atoms with Crippen molar-refractivity contribution in [1.82, 2.24) is 19.2 Å². The summed E-state index contributed by atoms with van der Waals surface area (Å²) in [6.45, 7) is 15.6. The number of anilines is 1. The minimum Gasteiger partial charge on any atom is -0.353 e. The van der Waals surface area contributed by atoms with Crippen molar-refractivity contribution < 1.29 is 22.0 Å². The molecule has 2 aliphatic rings. The van der Waals surface area contributed by atoms with Gasteiger partial charge in [-0.05, 0) is 62.1 Å². The number of aromatic nitrogens is 2. The lowest BCUT2D eigenvalue weighted by atomic mass is 9.83. The van der Waals surface area contributed by atoms with Gasteiger partial charge in [-0.15, -0.1) is 0 Å². The molecule has 1 aromatic heterocycles. The highest BCUT2D eigenvalue weighted by molar-refractivity contribution is 7.90. The Morgan fingerprint density at radius 1 is 1.09 bits per heavy atom. The third kappa shape index (κ3) is 7.70. The minimum atomic E-state index is -3.80. The molecule has 1 N–H and O–H groups in total.